The van der Waals surface area contributed by atoms with Gasteiger partial charge in [0.15, 0.2) is 15.6 Å². The third kappa shape index (κ3) is 3.91. The summed E-state index contributed by atoms with van der Waals surface area (Å²) in [5.74, 6) is -0.621. The standard InChI is InChI=1S/C15H18N2O6S/c1-9(18)13-5-4-11(6-14(13)24(3,21)22)17-8-12(23-15(17)20)7-16-10(2)19/h4-6,12H,7-8H2,1-3H3,(H,16,19). The van der Waals surface area contributed by atoms with Gasteiger partial charge >= 0.3 is 6.09 Å². The van der Waals surface area contributed by atoms with Gasteiger partial charge in [0.2, 0.25) is 5.91 Å². The summed E-state index contributed by atoms with van der Waals surface area (Å²) in [5, 5.41) is 2.56. The van der Waals surface area contributed by atoms with Crippen molar-refractivity contribution in [2.24, 2.45) is 0 Å². The number of nitrogens with one attached hydrogen (secondary N) is 1. The van der Waals surface area contributed by atoms with E-state index in [1.807, 2.05) is 0 Å². The monoisotopic (exact) mass is 354 g/mol. The summed E-state index contributed by atoms with van der Waals surface area (Å²) in [4.78, 5) is 35.6. The number of carbonyl (C=O) groups is 3. The average Bonchev–Trinajstić information content (AvgIpc) is 2.84. The van der Waals surface area contributed by atoms with E-state index in [0.29, 0.717) is 5.69 Å². The molecule has 0 aromatic heterocycles. The van der Waals surface area contributed by atoms with E-state index in [4.69, 9.17) is 4.74 Å². The quantitative estimate of drug-likeness (QED) is 0.782. The van der Waals surface area contributed by atoms with Gasteiger partial charge in [0.05, 0.1) is 18.0 Å². The van der Waals surface area contributed by atoms with Crippen LogP contribution in [-0.2, 0) is 19.4 Å². The topological polar surface area (TPSA) is 110 Å². The number of sulfone groups is 1. The molecule has 0 aliphatic carbocycles. The summed E-state index contributed by atoms with van der Waals surface area (Å²) in [6.45, 7) is 2.97. The van der Waals surface area contributed by atoms with Gasteiger partial charge in [-0.2, -0.15) is 0 Å². The largest absolute Gasteiger partial charge is 0.442 e. The predicted molar refractivity (Wildman–Crippen MR) is 85.9 cm³/mol. The van der Waals surface area contributed by atoms with E-state index in [-0.39, 0.29) is 35.2 Å². The highest BCUT2D eigenvalue weighted by atomic mass is 32.2. The molecule has 1 unspecified atom stereocenters. The van der Waals surface area contributed by atoms with Crippen molar-refractivity contribution in [2.45, 2.75) is 24.8 Å². The van der Waals surface area contributed by atoms with Crippen molar-refractivity contribution in [3.05, 3.63) is 23.8 Å². The van der Waals surface area contributed by atoms with Gasteiger partial charge < -0.3 is 10.1 Å². The average molecular weight is 354 g/mol. The number of Topliss-reactive ketones (excluding diaryl/α,β-unsaturated/α-hetero) is 1. The Morgan fingerprint density at radius 3 is 2.54 bits per heavy atom. The van der Waals surface area contributed by atoms with Gasteiger partial charge in [-0.3, -0.25) is 14.5 Å². The van der Waals surface area contributed by atoms with Gasteiger partial charge in [-0.25, -0.2) is 13.2 Å². The van der Waals surface area contributed by atoms with Crippen LogP contribution in [0.4, 0.5) is 10.5 Å². The first-order chi connectivity index (χ1) is 11.1. The van der Waals surface area contributed by atoms with Gasteiger partial charge in [0.25, 0.3) is 0 Å². The lowest BCUT2D eigenvalue weighted by molar-refractivity contribution is -0.119. The Balaban J connectivity index is 2.31. The minimum Gasteiger partial charge on any atom is -0.442 e. The molecular weight excluding hydrogens is 336 g/mol. The van der Waals surface area contributed by atoms with Gasteiger partial charge in [-0.05, 0) is 25.1 Å². The Bertz CT molecular complexity index is 802. The van der Waals surface area contributed by atoms with Crippen LogP contribution < -0.4 is 10.2 Å². The Hall–Kier alpha value is -2.42. The van der Waals surface area contributed by atoms with Crippen LogP contribution in [-0.4, -0.2) is 51.7 Å². The molecule has 2 amide bonds. The molecule has 1 aromatic carbocycles. The van der Waals surface area contributed by atoms with Crippen molar-refractivity contribution >= 4 is 33.3 Å². The number of cyclic esters (lactones) is 1. The third-order valence-electron chi connectivity index (χ3n) is 3.51. The van der Waals surface area contributed by atoms with Crippen molar-refractivity contribution in [3.63, 3.8) is 0 Å². The smallest absolute Gasteiger partial charge is 0.414 e. The number of hydrogen-bond donors (Lipinski definition) is 1. The van der Waals surface area contributed by atoms with Crippen LogP contribution in [0.25, 0.3) is 0 Å². The van der Waals surface area contributed by atoms with Crippen LogP contribution in [0.15, 0.2) is 23.1 Å². The summed E-state index contributed by atoms with van der Waals surface area (Å²) < 4.78 is 29.0. The molecule has 2 rings (SSSR count). The summed E-state index contributed by atoms with van der Waals surface area (Å²) in [7, 11) is -3.64. The predicted octanol–water partition coefficient (Wildman–Crippen LogP) is 0.754. The maximum absolute atomic E-state index is 12.0. The molecule has 0 spiro atoms. The minimum atomic E-state index is -3.64. The fourth-order valence-corrected chi connectivity index (χ4v) is 3.32. The zero-order chi connectivity index (χ0) is 18.1. The number of benzene rings is 1. The van der Waals surface area contributed by atoms with Gasteiger partial charge in [-0.15, -0.1) is 0 Å². The number of carbonyl (C=O) groups excluding carboxylic acids is 3. The number of anilines is 1. The maximum Gasteiger partial charge on any atom is 0.414 e. The lowest BCUT2D eigenvalue weighted by Crippen LogP contribution is -2.33. The van der Waals surface area contributed by atoms with Gasteiger partial charge in [-0.1, -0.05) is 0 Å². The molecule has 1 saturated heterocycles. The number of hydrogen-bond acceptors (Lipinski definition) is 6. The second-order valence-electron chi connectivity index (χ2n) is 5.56. The Morgan fingerprint density at radius 1 is 1.33 bits per heavy atom. The number of rotatable bonds is 5. The molecular formula is C15H18N2O6S. The lowest BCUT2D eigenvalue weighted by Gasteiger charge is -2.15. The van der Waals surface area contributed by atoms with E-state index in [9.17, 15) is 22.8 Å². The van der Waals surface area contributed by atoms with Crippen LogP contribution in [0, 0.1) is 0 Å². The number of ether oxygens (including phenoxy) is 1. The molecule has 1 fully saturated rings. The highest BCUT2D eigenvalue weighted by Gasteiger charge is 2.33. The molecule has 24 heavy (non-hydrogen) atoms. The van der Waals surface area contributed by atoms with E-state index in [1.165, 1.54) is 36.9 Å². The van der Waals surface area contributed by atoms with E-state index in [2.05, 4.69) is 5.32 Å². The van der Waals surface area contributed by atoms with Crippen molar-refractivity contribution in [3.8, 4) is 0 Å². The Labute approximate surface area is 139 Å². The van der Waals surface area contributed by atoms with Crippen LogP contribution in [0.1, 0.15) is 24.2 Å². The summed E-state index contributed by atoms with van der Waals surface area (Å²) in [5.41, 5.74) is 0.388. The third-order valence-corrected chi connectivity index (χ3v) is 4.65. The fourth-order valence-electron chi connectivity index (χ4n) is 2.37. The molecule has 0 bridgehead atoms. The fraction of sp³-hybridized carbons (Fsp3) is 0.400. The molecule has 9 heteroatoms. The number of ketones is 1. The van der Waals surface area contributed by atoms with Crippen LogP contribution >= 0.6 is 0 Å². The van der Waals surface area contributed by atoms with E-state index in [1.54, 1.807) is 0 Å². The number of nitrogens with zero attached hydrogens (tertiary/aromatic N) is 1. The molecule has 130 valence electrons. The first-order valence-corrected chi connectivity index (χ1v) is 9.06. The first-order valence-electron chi connectivity index (χ1n) is 7.17. The molecule has 1 aliphatic heterocycles. The normalized spacial score (nSPS) is 17.5. The molecule has 1 atom stereocenters. The second kappa shape index (κ2) is 6.60. The molecule has 1 aromatic rings. The molecule has 1 heterocycles. The molecule has 0 radical (unpaired) electrons. The zero-order valence-electron chi connectivity index (χ0n) is 13.5. The van der Waals surface area contributed by atoms with E-state index >= 15 is 0 Å². The molecule has 1 N–H and O–H groups in total. The Morgan fingerprint density at radius 2 is 2.00 bits per heavy atom. The van der Waals surface area contributed by atoms with Crippen LogP contribution in [0.3, 0.4) is 0 Å². The Kier molecular flexibility index (Phi) is 4.93. The van der Waals surface area contributed by atoms with Crippen molar-refractivity contribution in [1.29, 1.82) is 0 Å². The second-order valence-corrected chi connectivity index (χ2v) is 7.55. The first kappa shape index (κ1) is 17.9. The summed E-state index contributed by atoms with van der Waals surface area (Å²) in [6.07, 6.45) is -0.170. The van der Waals surface area contributed by atoms with Gasteiger partial charge in [0, 0.05) is 24.4 Å². The molecule has 8 nitrogen and oxygen atoms in total. The summed E-state index contributed by atoms with van der Waals surface area (Å²) in [6, 6.07) is 4.16. The van der Waals surface area contributed by atoms with Crippen molar-refractivity contribution < 1.29 is 27.5 Å². The minimum absolute atomic E-state index is 0.0728. The van der Waals surface area contributed by atoms with Crippen LogP contribution in [0.5, 0.6) is 0 Å². The SMILES string of the molecule is CC(=O)NCC1CN(c2ccc(C(C)=O)c(S(C)(=O)=O)c2)C(=O)O1. The van der Waals surface area contributed by atoms with Crippen molar-refractivity contribution in [2.75, 3.05) is 24.2 Å². The van der Waals surface area contributed by atoms with Crippen LogP contribution in [0.2, 0.25) is 0 Å². The van der Waals surface area contributed by atoms with E-state index in [0.717, 1.165) is 6.26 Å². The highest BCUT2D eigenvalue weighted by Crippen LogP contribution is 2.27. The number of amides is 2. The zero-order valence-corrected chi connectivity index (χ0v) is 14.3. The van der Waals surface area contributed by atoms with E-state index < -0.39 is 22.0 Å². The highest BCUT2D eigenvalue weighted by molar-refractivity contribution is 7.90. The van der Waals surface area contributed by atoms with Gasteiger partial charge in [0.1, 0.15) is 6.10 Å². The molecule has 0 saturated carbocycles. The maximum atomic E-state index is 12.0. The summed E-state index contributed by atoms with van der Waals surface area (Å²) >= 11 is 0. The molecule has 1 aliphatic rings. The van der Waals surface area contributed by atoms with Crippen molar-refractivity contribution in [1.82, 2.24) is 5.32 Å². The lowest BCUT2D eigenvalue weighted by atomic mass is 10.1.